The predicted octanol–water partition coefficient (Wildman–Crippen LogP) is 3.95. The molecule has 3 amide bonds. The lowest BCUT2D eigenvalue weighted by Gasteiger charge is -2.39. The fourth-order valence-corrected chi connectivity index (χ4v) is 3.68. The van der Waals surface area contributed by atoms with E-state index in [4.69, 9.17) is 4.74 Å². The van der Waals surface area contributed by atoms with E-state index in [9.17, 15) is 9.59 Å². The summed E-state index contributed by atoms with van der Waals surface area (Å²) in [6.45, 7) is 5.37. The van der Waals surface area contributed by atoms with Crippen LogP contribution in [0.15, 0.2) is 48.5 Å². The molecule has 1 heterocycles. The van der Waals surface area contributed by atoms with Crippen LogP contribution in [0.1, 0.15) is 30.9 Å². The molecule has 1 unspecified atom stereocenters. The molecule has 1 aliphatic rings. The van der Waals surface area contributed by atoms with Gasteiger partial charge in [0.15, 0.2) is 0 Å². The molecule has 154 valence electrons. The molecule has 1 saturated heterocycles. The molecular weight excluding hydrogens is 366 g/mol. The number of rotatable bonds is 5. The van der Waals surface area contributed by atoms with Gasteiger partial charge in [0.05, 0.1) is 12.5 Å². The Labute approximate surface area is 172 Å². The van der Waals surface area contributed by atoms with Gasteiger partial charge in [0.2, 0.25) is 5.91 Å². The molecule has 1 fully saturated rings. The van der Waals surface area contributed by atoms with Crippen LogP contribution in [-0.2, 0) is 11.3 Å². The quantitative estimate of drug-likeness (QED) is 0.805. The number of likely N-dealkylation sites (tertiary alicyclic amines) is 1. The van der Waals surface area contributed by atoms with E-state index in [1.807, 2.05) is 62.4 Å². The van der Waals surface area contributed by atoms with Crippen LogP contribution in [-0.4, -0.2) is 37.0 Å². The molecule has 0 bridgehead atoms. The molecule has 0 aromatic heterocycles. The summed E-state index contributed by atoms with van der Waals surface area (Å²) in [5.74, 6) is 0.730. The van der Waals surface area contributed by atoms with E-state index >= 15 is 0 Å². The van der Waals surface area contributed by atoms with Gasteiger partial charge in [-0.25, -0.2) is 4.79 Å². The highest BCUT2D eigenvalue weighted by molar-refractivity contribution is 5.91. The number of nitrogens with zero attached hydrogens (tertiary/aromatic N) is 1. The summed E-state index contributed by atoms with van der Waals surface area (Å²) < 4.78 is 5.23. The van der Waals surface area contributed by atoms with Crippen molar-refractivity contribution < 1.29 is 14.3 Å². The number of benzene rings is 2. The van der Waals surface area contributed by atoms with Crippen molar-refractivity contribution in [3.8, 4) is 5.75 Å². The monoisotopic (exact) mass is 395 g/mol. The smallest absolute Gasteiger partial charge is 0.321 e. The molecule has 0 aliphatic carbocycles. The summed E-state index contributed by atoms with van der Waals surface area (Å²) in [7, 11) is 1.62. The molecule has 3 rings (SSSR count). The second kappa shape index (κ2) is 8.99. The SMILES string of the molecule is COc1cccc(CNC(=O)C2(C)CCCN(C(=O)Nc3ccccc3C)C2)c1. The van der Waals surface area contributed by atoms with Crippen LogP contribution in [0.5, 0.6) is 5.75 Å². The number of urea groups is 1. The number of ether oxygens (including phenoxy) is 1. The van der Waals surface area contributed by atoms with Crippen LogP contribution in [0, 0.1) is 12.3 Å². The number of para-hydroxylation sites is 1. The first kappa shape index (κ1) is 20.7. The summed E-state index contributed by atoms with van der Waals surface area (Å²) in [5.41, 5.74) is 2.18. The number of methoxy groups -OCH3 is 1. The van der Waals surface area contributed by atoms with Crippen molar-refractivity contribution in [1.82, 2.24) is 10.2 Å². The van der Waals surface area contributed by atoms with Crippen LogP contribution in [0.2, 0.25) is 0 Å². The largest absolute Gasteiger partial charge is 0.497 e. The van der Waals surface area contributed by atoms with Gasteiger partial charge in [-0.1, -0.05) is 30.3 Å². The van der Waals surface area contributed by atoms with Crippen molar-refractivity contribution in [3.63, 3.8) is 0 Å². The fourth-order valence-electron chi connectivity index (χ4n) is 3.68. The van der Waals surface area contributed by atoms with Gasteiger partial charge in [0, 0.05) is 25.3 Å². The summed E-state index contributed by atoms with van der Waals surface area (Å²) in [4.78, 5) is 27.4. The molecule has 2 N–H and O–H groups in total. The van der Waals surface area contributed by atoms with E-state index in [0.717, 1.165) is 35.4 Å². The summed E-state index contributed by atoms with van der Waals surface area (Å²) in [6.07, 6.45) is 1.55. The van der Waals surface area contributed by atoms with Gasteiger partial charge in [-0.3, -0.25) is 4.79 Å². The average molecular weight is 396 g/mol. The highest BCUT2D eigenvalue weighted by Crippen LogP contribution is 2.30. The number of carbonyl (C=O) groups excluding carboxylic acids is 2. The van der Waals surface area contributed by atoms with E-state index in [0.29, 0.717) is 19.6 Å². The Balaban J connectivity index is 1.60. The van der Waals surface area contributed by atoms with E-state index in [-0.39, 0.29) is 11.9 Å². The molecular formula is C23H29N3O3. The Kier molecular flexibility index (Phi) is 6.42. The minimum absolute atomic E-state index is 0.0336. The van der Waals surface area contributed by atoms with Crippen LogP contribution in [0.3, 0.4) is 0 Å². The third-order valence-corrected chi connectivity index (χ3v) is 5.51. The zero-order valence-electron chi connectivity index (χ0n) is 17.3. The standard InChI is InChI=1S/C23H29N3O3/c1-17-8-4-5-11-20(17)25-22(28)26-13-7-12-23(2,16-26)21(27)24-15-18-9-6-10-19(14-18)29-3/h4-6,8-11,14H,7,12-13,15-16H2,1-3H3,(H,24,27)(H,25,28). The number of hydrogen-bond donors (Lipinski definition) is 2. The molecule has 2 aromatic rings. The van der Waals surface area contributed by atoms with Crippen molar-refractivity contribution in [2.24, 2.45) is 5.41 Å². The van der Waals surface area contributed by atoms with Crippen LogP contribution < -0.4 is 15.4 Å². The van der Waals surface area contributed by atoms with Crippen molar-refractivity contribution >= 4 is 17.6 Å². The number of nitrogens with one attached hydrogen (secondary N) is 2. The van der Waals surface area contributed by atoms with Gasteiger partial charge in [-0.15, -0.1) is 0 Å². The van der Waals surface area contributed by atoms with Gasteiger partial charge in [0.1, 0.15) is 5.75 Å². The molecule has 1 atom stereocenters. The Morgan fingerprint density at radius 1 is 1.17 bits per heavy atom. The normalized spacial score (nSPS) is 18.8. The van der Waals surface area contributed by atoms with Gasteiger partial charge in [-0.05, 0) is 56.0 Å². The average Bonchev–Trinajstić information content (AvgIpc) is 2.73. The number of amides is 3. The molecule has 0 saturated carbocycles. The minimum Gasteiger partial charge on any atom is -0.497 e. The van der Waals surface area contributed by atoms with Gasteiger partial charge < -0.3 is 20.3 Å². The Hall–Kier alpha value is -3.02. The van der Waals surface area contributed by atoms with Gasteiger partial charge in [0.25, 0.3) is 0 Å². The number of piperidine rings is 1. The third-order valence-electron chi connectivity index (χ3n) is 5.51. The maximum atomic E-state index is 12.9. The Morgan fingerprint density at radius 3 is 2.72 bits per heavy atom. The van der Waals surface area contributed by atoms with Gasteiger partial charge in [-0.2, -0.15) is 0 Å². The zero-order valence-corrected chi connectivity index (χ0v) is 17.3. The lowest BCUT2D eigenvalue weighted by atomic mass is 9.81. The van der Waals surface area contributed by atoms with E-state index in [2.05, 4.69) is 10.6 Å². The molecule has 29 heavy (non-hydrogen) atoms. The summed E-state index contributed by atoms with van der Waals surface area (Å²) in [6, 6.07) is 15.2. The van der Waals surface area contributed by atoms with Crippen LogP contribution >= 0.6 is 0 Å². The third kappa shape index (κ3) is 5.08. The number of carbonyl (C=O) groups is 2. The Morgan fingerprint density at radius 2 is 1.97 bits per heavy atom. The van der Waals surface area contributed by atoms with E-state index < -0.39 is 5.41 Å². The molecule has 2 aromatic carbocycles. The van der Waals surface area contributed by atoms with Crippen molar-refractivity contribution in [1.29, 1.82) is 0 Å². The van der Waals surface area contributed by atoms with Crippen molar-refractivity contribution in [2.75, 3.05) is 25.5 Å². The molecule has 0 radical (unpaired) electrons. The number of aryl methyl sites for hydroxylation is 1. The van der Waals surface area contributed by atoms with Crippen LogP contribution in [0.25, 0.3) is 0 Å². The first-order valence-electron chi connectivity index (χ1n) is 9.94. The molecule has 1 aliphatic heterocycles. The maximum Gasteiger partial charge on any atom is 0.321 e. The molecule has 6 nitrogen and oxygen atoms in total. The summed E-state index contributed by atoms with van der Waals surface area (Å²) >= 11 is 0. The molecule has 0 spiro atoms. The maximum absolute atomic E-state index is 12.9. The Bertz CT molecular complexity index is 883. The topological polar surface area (TPSA) is 70.7 Å². The van der Waals surface area contributed by atoms with Crippen molar-refractivity contribution in [3.05, 3.63) is 59.7 Å². The van der Waals surface area contributed by atoms with Crippen LogP contribution in [0.4, 0.5) is 10.5 Å². The highest BCUT2D eigenvalue weighted by atomic mass is 16.5. The second-order valence-corrected chi connectivity index (χ2v) is 7.87. The fraction of sp³-hybridized carbons (Fsp3) is 0.391. The minimum atomic E-state index is -0.611. The highest BCUT2D eigenvalue weighted by Gasteiger charge is 2.39. The predicted molar refractivity (Wildman–Crippen MR) is 114 cm³/mol. The lowest BCUT2D eigenvalue weighted by molar-refractivity contribution is -0.132. The van der Waals surface area contributed by atoms with E-state index in [1.165, 1.54) is 0 Å². The van der Waals surface area contributed by atoms with Gasteiger partial charge >= 0.3 is 6.03 Å². The second-order valence-electron chi connectivity index (χ2n) is 7.87. The number of hydrogen-bond acceptors (Lipinski definition) is 3. The first-order chi connectivity index (χ1) is 13.9. The number of anilines is 1. The molecule has 6 heteroatoms. The first-order valence-corrected chi connectivity index (χ1v) is 9.94. The van der Waals surface area contributed by atoms with E-state index in [1.54, 1.807) is 12.0 Å². The lowest BCUT2D eigenvalue weighted by Crippen LogP contribution is -2.52. The van der Waals surface area contributed by atoms with Crippen molar-refractivity contribution in [2.45, 2.75) is 33.2 Å². The summed E-state index contributed by atoms with van der Waals surface area (Å²) in [5, 5.41) is 5.99. The zero-order chi connectivity index (χ0) is 20.9.